The van der Waals surface area contributed by atoms with E-state index in [0.717, 1.165) is 23.8 Å². The molecular weight excluding hydrogens is 306 g/mol. The Labute approximate surface area is 131 Å². The third-order valence-corrected chi connectivity index (χ3v) is 5.48. The summed E-state index contributed by atoms with van der Waals surface area (Å²) in [7, 11) is 0. The third-order valence-electron chi connectivity index (χ3n) is 3.61. The highest BCUT2D eigenvalue weighted by atomic mass is 32.2. The van der Waals surface area contributed by atoms with E-state index in [0.29, 0.717) is 10.9 Å². The highest BCUT2D eigenvalue weighted by Gasteiger charge is 2.29. The maximum absolute atomic E-state index is 12.5. The van der Waals surface area contributed by atoms with Crippen LogP contribution in [0, 0.1) is 0 Å². The number of thioether (sulfide) groups is 1. The zero-order valence-corrected chi connectivity index (χ0v) is 13.4. The van der Waals surface area contributed by atoms with Gasteiger partial charge in [-0.3, -0.25) is 4.79 Å². The highest BCUT2D eigenvalue weighted by molar-refractivity contribution is 8.01. The lowest BCUT2D eigenvalue weighted by molar-refractivity contribution is -0.132. The zero-order chi connectivity index (χ0) is 14.8. The van der Waals surface area contributed by atoms with E-state index < -0.39 is 0 Å². The summed E-state index contributed by atoms with van der Waals surface area (Å²) < 4.78 is 2.98. The molecule has 0 aliphatic carbocycles. The summed E-state index contributed by atoms with van der Waals surface area (Å²) in [6.07, 6.45) is 3.00. The second-order valence-electron chi connectivity index (χ2n) is 4.83. The summed E-state index contributed by atoms with van der Waals surface area (Å²) in [5.74, 6) is 0.527. The van der Waals surface area contributed by atoms with Crippen molar-refractivity contribution in [1.29, 1.82) is 0 Å². The van der Waals surface area contributed by atoms with Gasteiger partial charge in [0.1, 0.15) is 0 Å². The fourth-order valence-electron chi connectivity index (χ4n) is 2.68. The highest BCUT2D eigenvalue weighted by Crippen LogP contribution is 2.30. The summed E-state index contributed by atoms with van der Waals surface area (Å²) in [6.45, 7) is 3.74. The number of rotatable bonds is 4. The van der Waals surface area contributed by atoms with Crippen LogP contribution in [0.5, 0.6) is 0 Å². The summed E-state index contributed by atoms with van der Waals surface area (Å²) in [6, 6.07) is 4.32. The number of anilines is 1. The second kappa shape index (κ2) is 6.07. The van der Waals surface area contributed by atoms with Crippen LogP contribution < -0.4 is 5.73 Å². The number of amides is 1. The van der Waals surface area contributed by atoms with Crippen molar-refractivity contribution < 1.29 is 4.79 Å². The molecule has 3 heterocycles. The van der Waals surface area contributed by atoms with E-state index in [-0.39, 0.29) is 11.9 Å². The molecule has 0 radical (unpaired) electrons. The van der Waals surface area contributed by atoms with E-state index in [4.69, 9.17) is 5.73 Å². The Morgan fingerprint density at radius 1 is 1.52 bits per heavy atom. The molecule has 8 heteroatoms. The molecule has 0 spiro atoms. The van der Waals surface area contributed by atoms with Crippen LogP contribution in [0.1, 0.15) is 25.1 Å². The van der Waals surface area contributed by atoms with Crippen LogP contribution in [0.4, 0.5) is 5.13 Å². The number of carbonyl (C=O) groups is 1. The average molecular weight is 323 g/mol. The Hall–Kier alpha value is -1.54. The fraction of sp³-hybridized carbons (Fsp3) is 0.462. The first-order valence-corrected chi connectivity index (χ1v) is 8.65. The van der Waals surface area contributed by atoms with Crippen molar-refractivity contribution in [3.8, 4) is 0 Å². The number of nitrogens with two attached hydrogens (primary N) is 1. The SMILES string of the molecule is CCC1c2cccn2CCN1C(=O)CSc1nnc(N)s1. The minimum absolute atomic E-state index is 0.146. The van der Waals surface area contributed by atoms with Crippen LogP contribution in [0.15, 0.2) is 22.7 Å². The van der Waals surface area contributed by atoms with Crippen molar-refractivity contribution in [3.05, 3.63) is 24.0 Å². The number of hydrogen-bond donors (Lipinski definition) is 1. The van der Waals surface area contributed by atoms with Crippen LogP contribution in [0.2, 0.25) is 0 Å². The molecule has 0 saturated heterocycles. The summed E-state index contributed by atoms with van der Waals surface area (Å²) in [5, 5.41) is 8.13. The van der Waals surface area contributed by atoms with Gasteiger partial charge in [-0.25, -0.2) is 0 Å². The van der Waals surface area contributed by atoms with Crippen LogP contribution in [0.25, 0.3) is 0 Å². The van der Waals surface area contributed by atoms with E-state index in [1.807, 2.05) is 11.0 Å². The van der Waals surface area contributed by atoms with Crippen molar-refractivity contribution in [1.82, 2.24) is 19.7 Å². The molecule has 2 aromatic rings. The van der Waals surface area contributed by atoms with Crippen molar-refractivity contribution in [2.75, 3.05) is 18.0 Å². The third kappa shape index (κ3) is 2.91. The molecule has 3 rings (SSSR count). The lowest BCUT2D eigenvalue weighted by Crippen LogP contribution is -2.42. The molecule has 1 aliphatic heterocycles. The maximum Gasteiger partial charge on any atom is 0.233 e. The molecule has 21 heavy (non-hydrogen) atoms. The van der Waals surface area contributed by atoms with Crippen LogP contribution in [0.3, 0.4) is 0 Å². The minimum Gasteiger partial charge on any atom is -0.374 e. The van der Waals surface area contributed by atoms with Crippen molar-refractivity contribution >= 4 is 34.1 Å². The molecule has 0 aromatic carbocycles. The van der Waals surface area contributed by atoms with Gasteiger partial charge in [0.15, 0.2) is 4.34 Å². The number of nitrogens with zero attached hydrogens (tertiary/aromatic N) is 4. The Morgan fingerprint density at radius 3 is 3.10 bits per heavy atom. The van der Waals surface area contributed by atoms with Crippen LogP contribution in [-0.4, -0.2) is 37.9 Å². The van der Waals surface area contributed by atoms with E-state index in [9.17, 15) is 4.79 Å². The van der Waals surface area contributed by atoms with E-state index in [2.05, 4.69) is 34.0 Å². The number of hydrogen-bond acceptors (Lipinski definition) is 6. The molecule has 2 N–H and O–H groups in total. The van der Waals surface area contributed by atoms with E-state index in [1.165, 1.54) is 28.8 Å². The fourth-order valence-corrected chi connectivity index (χ4v) is 4.20. The normalized spacial score (nSPS) is 17.8. The minimum atomic E-state index is 0.146. The van der Waals surface area contributed by atoms with Gasteiger partial charge in [-0.05, 0) is 18.6 Å². The average Bonchev–Trinajstić information content (AvgIpc) is 3.12. The van der Waals surface area contributed by atoms with Gasteiger partial charge in [-0.2, -0.15) is 0 Å². The second-order valence-corrected chi connectivity index (χ2v) is 7.06. The molecule has 6 nitrogen and oxygen atoms in total. The summed E-state index contributed by atoms with van der Waals surface area (Å²) in [5.41, 5.74) is 6.77. The van der Waals surface area contributed by atoms with Crippen molar-refractivity contribution in [3.63, 3.8) is 0 Å². The topological polar surface area (TPSA) is 77.0 Å². The van der Waals surface area contributed by atoms with Crippen LogP contribution in [-0.2, 0) is 11.3 Å². The van der Waals surface area contributed by atoms with E-state index >= 15 is 0 Å². The van der Waals surface area contributed by atoms with E-state index in [1.54, 1.807) is 0 Å². The molecule has 0 bridgehead atoms. The number of nitrogen functional groups attached to an aromatic ring is 1. The smallest absolute Gasteiger partial charge is 0.233 e. The van der Waals surface area contributed by atoms with Gasteiger partial charge in [0, 0.05) is 25.0 Å². The number of aromatic nitrogens is 3. The van der Waals surface area contributed by atoms with Gasteiger partial charge in [0.05, 0.1) is 11.8 Å². The van der Waals surface area contributed by atoms with Crippen molar-refractivity contribution in [2.45, 2.75) is 30.3 Å². The first-order valence-electron chi connectivity index (χ1n) is 6.85. The monoisotopic (exact) mass is 323 g/mol. The Morgan fingerprint density at radius 2 is 2.38 bits per heavy atom. The molecular formula is C13H17N5OS2. The largest absolute Gasteiger partial charge is 0.374 e. The van der Waals surface area contributed by atoms with Crippen molar-refractivity contribution in [2.24, 2.45) is 0 Å². The molecule has 1 aliphatic rings. The lowest BCUT2D eigenvalue weighted by atomic mass is 10.1. The standard InChI is InChI=1S/C13H17N5OS2/c1-2-9-10-4-3-5-17(10)6-7-18(9)11(19)8-20-13-16-15-12(14)21-13/h3-5,9H,2,6-8H2,1H3,(H2,14,15). The maximum atomic E-state index is 12.5. The van der Waals surface area contributed by atoms with Gasteiger partial charge in [0.2, 0.25) is 11.0 Å². The molecule has 2 aromatic heterocycles. The first-order chi connectivity index (χ1) is 10.2. The molecule has 1 amide bonds. The van der Waals surface area contributed by atoms with Crippen LogP contribution >= 0.6 is 23.1 Å². The quantitative estimate of drug-likeness (QED) is 0.871. The number of fused-ring (bicyclic) bond motifs is 1. The van der Waals surface area contributed by atoms with Gasteiger partial charge < -0.3 is 15.2 Å². The van der Waals surface area contributed by atoms with Gasteiger partial charge in [-0.1, -0.05) is 30.0 Å². The molecule has 0 fully saturated rings. The molecule has 112 valence electrons. The van der Waals surface area contributed by atoms with Gasteiger partial charge in [0.25, 0.3) is 0 Å². The predicted octanol–water partition coefficient (Wildman–Crippen LogP) is 2.01. The molecule has 1 atom stereocenters. The summed E-state index contributed by atoms with van der Waals surface area (Å²) >= 11 is 2.72. The molecule has 1 unspecified atom stereocenters. The first kappa shape index (κ1) is 14.4. The van der Waals surface area contributed by atoms with Gasteiger partial charge >= 0.3 is 0 Å². The zero-order valence-electron chi connectivity index (χ0n) is 11.7. The summed E-state index contributed by atoms with van der Waals surface area (Å²) in [4.78, 5) is 14.5. The van der Waals surface area contributed by atoms with Gasteiger partial charge in [-0.15, -0.1) is 10.2 Å². The lowest BCUT2D eigenvalue weighted by Gasteiger charge is -2.36. The Bertz CT molecular complexity index is 638. The Balaban J connectivity index is 1.67. The molecule has 0 saturated carbocycles. The predicted molar refractivity (Wildman–Crippen MR) is 84.2 cm³/mol. The Kier molecular flexibility index (Phi) is 4.16. The number of carbonyl (C=O) groups excluding carboxylic acids is 1.